The fourth-order valence-corrected chi connectivity index (χ4v) is 3.88. The summed E-state index contributed by atoms with van der Waals surface area (Å²) in [6.07, 6.45) is 0. The Balaban J connectivity index is 1.99. The molecule has 0 unspecified atom stereocenters. The number of hydrogen-bond acceptors (Lipinski definition) is 7. The van der Waals surface area contributed by atoms with Gasteiger partial charge in [-0.1, -0.05) is 29.5 Å². The van der Waals surface area contributed by atoms with Gasteiger partial charge in [0.2, 0.25) is 0 Å². The van der Waals surface area contributed by atoms with Crippen LogP contribution in [0.1, 0.15) is 5.56 Å². The van der Waals surface area contributed by atoms with Crippen LogP contribution in [0.25, 0.3) is 10.2 Å². The van der Waals surface area contributed by atoms with Crippen LogP contribution < -0.4 is 19.0 Å². The molecule has 1 aromatic heterocycles. The van der Waals surface area contributed by atoms with Crippen molar-refractivity contribution in [1.29, 1.82) is 0 Å². The number of hydrogen-bond donors (Lipinski definition) is 0. The van der Waals surface area contributed by atoms with Gasteiger partial charge in [0.05, 0.1) is 31.5 Å². The number of esters is 1. The lowest BCUT2D eigenvalue weighted by Gasteiger charge is -2.09. The van der Waals surface area contributed by atoms with Crippen LogP contribution in [0.4, 0.5) is 0 Å². The largest absolute Gasteiger partial charge is 0.493 e. The number of aromatic nitrogens is 1. The lowest BCUT2D eigenvalue weighted by atomic mass is 10.2. The van der Waals surface area contributed by atoms with Crippen LogP contribution in [0, 0.1) is 6.92 Å². The molecule has 0 spiro atoms. The Morgan fingerprint density at radius 1 is 1.03 bits per heavy atom. The van der Waals surface area contributed by atoms with Crippen molar-refractivity contribution in [3.63, 3.8) is 0 Å². The molecule has 9 heteroatoms. The maximum absolute atomic E-state index is 12.5. The van der Waals surface area contributed by atoms with Gasteiger partial charge in [-0.3, -0.25) is 9.59 Å². The number of methoxy groups -OCH3 is 3. The van der Waals surface area contributed by atoms with Crippen molar-refractivity contribution in [2.45, 2.75) is 13.5 Å². The van der Waals surface area contributed by atoms with Crippen molar-refractivity contribution in [2.75, 3.05) is 27.9 Å². The minimum atomic E-state index is -0.470. The van der Waals surface area contributed by atoms with Gasteiger partial charge in [0.1, 0.15) is 12.3 Å². The molecule has 0 aliphatic carbocycles. The second-order valence-corrected chi connectivity index (χ2v) is 7.29. The van der Waals surface area contributed by atoms with Gasteiger partial charge >= 0.3 is 5.97 Å². The predicted molar refractivity (Wildman–Crippen MR) is 112 cm³/mol. The molecule has 0 atom stereocenters. The Kier molecular flexibility index (Phi) is 6.73. The average molecular weight is 430 g/mol. The smallest absolute Gasteiger partial charge is 0.325 e. The molecular formula is C21H22N2O6S. The minimum absolute atomic E-state index is 0.100. The van der Waals surface area contributed by atoms with Crippen LogP contribution in [0.3, 0.4) is 0 Å². The Morgan fingerprint density at radius 3 is 2.40 bits per heavy atom. The zero-order chi connectivity index (χ0) is 21.7. The van der Waals surface area contributed by atoms with Crippen molar-refractivity contribution in [1.82, 2.24) is 4.57 Å². The molecule has 30 heavy (non-hydrogen) atoms. The maximum atomic E-state index is 12.5. The molecule has 0 saturated heterocycles. The second kappa shape index (κ2) is 9.45. The first-order chi connectivity index (χ1) is 14.5. The van der Waals surface area contributed by atoms with Crippen molar-refractivity contribution >= 4 is 33.4 Å². The number of ether oxygens (including phenoxy) is 4. The topological polar surface area (TPSA) is 88.4 Å². The molecule has 3 rings (SSSR count). The Bertz CT molecular complexity index is 1150. The Morgan fingerprint density at radius 2 is 1.73 bits per heavy atom. The van der Waals surface area contributed by atoms with Crippen molar-refractivity contribution in [2.24, 2.45) is 4.99 Å². The molecule has 2 aromatic carbocycles. The SMILES string of the molecule is COC(=O)Cn1c(=NC(=O)COc2ccccc2C)sc2cc(OC)c(OC)cc21. The minimum Gasteiger partial charge on any atom is -0.493 e. The van der Waals surface area contributed by atoms with Crippen LogP contribution in [0.15, 0.2) is 41.4 Å². The quantitative estimate of drug-likeness (QED) is 0.536. The summed E-state index contributed by atoms with van der Waals surface area (Å²) < 4.78 is 23.5. The number of carbonyl (C=O) groups excluding carboxylic acids is 2. The monoisotopic (exact) mass is 430 g/mol. The molecule has 158 valence electrons. The summed E-state index contributed by atoms with van der Waals surface area (Å²) in [6, 6.07) is 10.9. The second-order valence-electron chi connectivity index (χ2n) is 6.28. The number of fused-ring (bicyclic) bond motifs is 1. The summed E-state index contributed by atoms with van der Waals surface area (Å²) in [5.74, 6) is 0.727. The third-order valence-corrected chi connectivity index (χ3v) is 5.41. The van der Waals surface area contributed by atoms with Crippen molar-refractivity contribution in [3.8, 4) is 17.2 Å². The molecule has 0 fully saturated rings. The standard InChI is InChI=1S/C21H22N2O6S/c1-13-7-5-6-8-15(13)29-12-19(24)22-21-23(11-20(25)28-4)14-9-16(26-2)17(27-3)10-18(14)30-21/h5-10H,11-12H2,1-4H3. The molecule has 0 bridgehead atoms. The Labute approximate surface area is 177 Å². The number of para-hydroxylation sites is 1. The summed E-state index contributed by atoms with van der Waals surface area (Å²) in [4.78, 5) is 28.9. The number of carbonyl (C=O) groups is 2. The molecule has 3 aromatic rings. The van der Waals surface area contributed by atoms with E-state index in [1.165, 1.54) is 32.7 Å². The average Bonchev–Trinajstić information content (AvgIpc) is 3.07. The van der Waals surface area contributed by atoms with Crippen LogP contribution in [-0.4, -0.2) is 44.4 Å². The summed E-state index contributed by atoms with van der Waals surface area (Å²) in [5.41, 5.74) is 1.60. The molecule has 0 saturated carbocycles. The highest BCUT2D eigenvalue weighted by molar-refractivity contribution is 7.16. The highest BCUT2D eigenvalue weighted by atomic mass is 32.1. The van der Waals surface area contributed by atoms with E-state index in [-0.39, 0.29) is 13.2 Å². The van der Waals surface area contributed by atoms with E-state index < -0.39 is 11.9 Å². The van der Waals surface area contributed by atoms with E-state index in [0.29, 0.717) is 27.6 Å². The van der Waals surface area contributed by atoms with Crippen LogP contribution in [0.5, 0.6) is 17.2 Å². The number of aryl methyl sites for hydroxylation is 1. The molecule has 1 heterocycles. The van der Waals surface area contributed by atoms with Gasteiger partial charge in [0.15, 0.2) is 22.9 Å². The summed E-state index contributed by atoms with van der Waals surface area (Å²) in [6.45, 7) is 1.58. The summed E-state index contributed by atoms with van der Waals surface area (Å²) in [5, 5.41) is 0. The van der Waals surface area contributed by atoms with Gasteiger partial charge < -0.3 is 23.5 Å². The molecule has 0 aliphatic heterocycles. The lowest BCUT2D eigenvalue weighted by molar-refractivity contribution is -0.141. The lowest BCUT2D eigenvalue weighted by Crippen LogP contribution is -2.23. The highest BCUT2D eigenvalue weighted by Crippen LogP contribution is 2.33. The fraction of sp³-hybridized carbons (Fsp3) is 0.286. The highest BCUT2D eigenvalue weighted by Gasteiger charge is 2.16. The van der Waals surface area contributed by atoms with E-state index in [9.17, 15) is 9.59 Å². The van der Waals surface area contributed by atoms with Crippen molar-refractivity contribution in [3.05, 3.63) is 46.8 Å². The molecule has 8 nitrogen and oxygen atoms in total. The first-order valence-electron chi connectivity index (χ1n) is 9.05. The summed E-state index contributed by atoms with van der Waals surface area (Å²) in [7, 11) is 4.37. The van der Waals surface area contributed by atoms with E-state index in [2.05, 4.69) is 4.99 Å². The van der Waals surface area contributed by atoms with Gasteiger partial charge in [-0.25, -0.2) is 0 Å². The third kappa shape index (κ3) is 4.62. The number of rotatable bonds is 7. The van der Waals surface area contributed by atoms with Gasteiger partial charge in [0.25, 0.3) is 5.91 Å². The molecular weight excluding hydrogens is 408 g/mol. The van der Waals surface area contributed by atoms with Gasteiger partial charge in [-0.2, -0.15) is 4.99 Å². The number of benzene rings is 2. The molecule has 0 radical (unpaired) electrons. The van der Waals surface area contributed by atoms with E-state index >= 15 is 0 Å². The number of thiazole rings is 1. The maximum Gasteiger partial charge on any atom is 0.325 e. The normalized spacial score (nSPS) is 11.4. The zero-order valence-electron chi connectivity index (χ0n) is 17.1. The van der Waals surface area contributed by atoms with Crippen LogP contribution >= 0.6 is 11.3 Å². The molecule has 0 N–H and O–H groups in total. The zero-order valence-corrected chi connectivity index (χ0v) is 17.9. The van der Waals surface area contributed by atoms with Gasteiger partial charge in [0, 0.05) is 12.1 Å². The van der Waals surface area contributed by atoms with E-state index in [1.807, 2.05) is 25.1 Å². The van der Waals surface area contributed by atoms with Crippen LogP contribution in [-0.2, 0) is 20.9 Å². The molecule has 0 aliphatic rings. The van der Waals surface area contributed by atoms with Crippen molar-refractivity contribution < 1.29 is 28.5 Å². The Hall–Kier alpha value is -3.33. The van der Waals surface area contributed by atoms with Gasteiger partial charge in [-0.15, -0.1) is 0 Å². The number of nitrogens with zero attached hydrogens (tertiary/aromatic N) is 2. The first kappa shape index (κ1) is 21.4. The van der Waals surface area contributed by atoms with E-state index in [4.69, 9.17) is 18.9 Å². The van der Waals surface area contributed by atoms with Gasteiger partial charge in [-0.05, 0) is 18.6 Å². The van der Waals surface area contributed by atoms with E-state index in [1.54, 1.807) is 22.8 Å². The third-order valence-electron chi connectivity index (χ3n) is 4.37. The fourth-order valence-electron chi connectivity index (χ4n) is 2.83. The molecule has 1 amide bonds. The van der Waals surface area contributed by atoms with E-state index in [0.717, 1.165) is 10.3 Å². The van der Waals surface area contributed by atoms with Crippen LogP contribution in [0.2, 0.25) is 0 Å². The number of amides is 1. The summed E-state index contributed by atoms with van der Waals surface area (Å²) >= 11 is 1.25. The first-order valence-corrected chi connectivity index (χ1v) is 9.86. The predicted octanol–water partition coefficient (Wildman–Crippen LogP) is 2.71.